The molecule has 84 valence electrons. The summed E-state index contributed by atoms with van der Waals surface area (Å²) in [6, 6.07) is 1.33. The van der Waals surface area contributed by atoms with E-state index in [1.165, 1.54) is 6.92 Å². The first-order valence-electron chi connectivity index (χ1n) is 4.36. The molecule has 0 spiro atoms. The summed E-state index contributed by atoms with van der Waals surface area (Å²) in [6.45, 7) is 1.37. The standard InChI is InChI=1S/C10H10F4O/c1-5(15)2-6-3-7(10(13)14)4-8(11)9(6)12/h3-5,10,15H,2H2,1H3. The molecule has 0 bridgehead atoms. The van der Waals surface area contributed by atoms with Gasteiger partial charge in [0.1, 0.15) is 0 Å². The van der Waals surface area contributed by atoms with Crippen LogP contribution in [-0.2, 0) is 6.42 Å². The zero-order valence-electron chi connectivity index (χ0n) is 7.98. The van der Waals surface area contributed by atoms with Gasteiger partial charge in [-0.15, -0.1) is 0 Å². The Balaban J connectivity index is 3.13. The number of hydrogen-bond acceptors (Lipinski definition) is 1. The fourth-order valence-electron chi connectivity index (χ4n) is 1.26. The molecule has 1 rings (SSSR count). The van der Waals surface area contributed by atoms with Gasteiger partial charge in [-0.3, -0.25) is 0 Å². The van der Waals surface area contributed by atoms with Gasteiger partial charge < -0.3 is 5.11 Å². The van der Waals surface area contributed by atoms with Crippen molar-refractivity contribution in [3.63, 3.8) is 0 Å². The fraction of sp³-hybridized carbons (Fsp3) is 0.400. The number of aliphatic hydroxyl groups excluding tert-OH is 1. The Hall–Kier alpha value is -1.10. The first-order valence-corrected chi connectivity index (χ1v) is 4.36. The normalized spacial score (nSPS) is 13.3. The van der Waals surface area contributed by atoms with Crippen LogP contribution in [0.4, 0.5) is 17.6 Å². The highest BCUT2D eigenvalue weighted by molar-refractivity contribution is 5.27. The maximum atomic E-state index is 13.1. The topological polar surface area (TPSA) is 20.2 Å². The molecule has 0 amide bonds. The second-order valence-electron chi connectivity index (χ2n) is 3.33. The van der Waals surface area contributed by atoms with Gasteiger partial charge in [0.05, 0.1) is 6.10 Å². The van der Waals surface area contributed by atoms with Crippen LogP contribution in [0.2, 0.25) is 0 Å². The van der Waals surface area contributed by atoms with Crippen molar-refractivity contribution >= 4 is 0 Å². The summed E-state index contributed by atoms with van der Waals surface area (Å²) < 4.78 is 50.4. The van der Waals surface area contributed by atoms with Crippen molar-refractivity contribution in [1.82, 2.24) is 0 Å². The molecule has 1 N–H and O–H groups in total. The van der Waals surface area contributed by atoms with Crippen molar-refractivity contribution < 1.29 is 22.7 Å². The van der Waals surface area contributed by atoms with Gasteiger partial charge in [0, 0.05) is 12.0 Å². The maximum absolute atomic E-state index is 13.1. The van der Waals surface area contributed by atoms with E-state index in [0.717, 1.165) is 6.07 Å². The Morgan fingerprint density at radius 2 is 1.87 bits per heavy atom. The van der Waals surface area contributed by atoms with Crippen LogP contribution in [0, 0.1) is 11.6 Å². The molecule has 0 saturated carbocycles. The Labute approximate surface area is 84.3 Å². The van der Waals surface area contributed by atoms with Crippen LogP contribution in [0.15, 0.2) is 12.1 Å². The largest absolute Gasteiger partial charge is 0.393 e. The van der Waals surface area contributed by atoms with Gasteiger partial charge in [0.25, 0.3) is 6.43 Å². The minimum atomic E-state index is -2.85. The van der Waals surface area contributed by atoms with E-state index in [4.69, 9.17) is 5.11 Å². The Bertz CT molecular complexity index is 350. The first-order chi connectivity index (χ1) is 6.91. The first kappa shape index (κ1) is 12.0. The molecule has 0 saturated heterocycles. The monoisotopic (exact) mass is 222 g/mol. The van der Waals surface area contributed by atoms with E-state index < -0.39 is 29.7 Å². The Morgan fingerprint density at radius 1 is 1.27 bits per heavy atom. The smallest absolute Gasteiger partial charge is 0.263 e. The fourth-order valence-corrected chi connectivity index (χ4v) is 1.26. The molecule has 1 atom stereocenters. The molecular weight excluding hydrogens is 212 g/mol. The van der Waals surface area contributed by atoms with Crippen molar-refractivity contribution in [2.45, 2.75) is 25.9 Å². The van der Waals surface area contributed by atoms with Gasteiger partial charge in [0.15, 0.2) is 11.6 Å². The van der Waals surface area contributed by atoms with Crippen LogP contribution in [0.3, 0.4) is 0 Å². The number of hydrogen-bond donors (Lipinski definition) is 1. The second kappa shape index (κ2) is 4.61. The lowest BCUT2D eigenvalue weighted by molar-refractivity contribution is 0.150. The zero-order valence-corrected chi connectivity index (χ0v) is 7.98. The molecule has 1 aromatic rings. The van der Waals surface area contributed by atoms with Crippen molar-refractivity contribution in [1.29, 1.82) is 0 Å². The van der Waals surface area contributed by atoms with E-state index in [2.05, 4.69) is 0 Å². The van der Waals surface area contributed by atoms with Crippen LogP contribution in [0.25, 0.3) is 0 Å². The molecule has 0 fully saturated rings. The third-order valence-electron chi connectivity index (χ3n) is 1.89. The van der Waals surface area contributed by atoms with E-state index in [9.17, 15) is 17.6 Å². The molecule has 0 aliphatic heterocycles. The van der Waals surface area contributed by atoms with Crippen molar-refractivity contribution in [3.8, 4) is 0 Å². The predicted octanol–water partition coefficient (Wildman–Crippen LogP) is 2.83. The molecule has 15 heavy (non-hydrogen) atoms. The minimum Gasteiger partial charge on any atom is -0.393 e. The van der Waals surface area contributed by atoms with Gasteiger partial charge >= 0.3 is 0 Å². The summed E-state index contributed by atoms with van der Waals surface area (Å²) in [5.41, 5.74) is -0.815. The minimum absolute atomic E-state index is 0.191. The third-order valence-corrected chi connectivity index (χ3v) is 1.89. The molecule has 0 aromatic heterocycles. The zero-order chi connectivity index (χ0) is 11.6. The summed E-state index contributed by atoms with van der Waals surface area (Å²) in [5, 5.41) is 8.97. The highest BCUT2D eigenvalue weighted by Gasteiger charge is 2.16. The van der Waals surface area contributed by atoms with Gasteiger partial charge in [-0.05, 0) is 24.6 Å². The molecule has 1 aromatic carbocycles. The Kier molecular flexibility index (Phi) is 3.68. The quantitative estimate of drug-likeness (QED) is 0.779. The van der Waals surface area contributed by atoms with Crippen LogP contribution in [0.5, 0.6) is 0 Å². The van der Waals surface area contributed by atoms with Crippen molar-refractivity contribution in [2.75, 3.05) is 0 Å². The highest BCUT2D eigenvalue weighted by Crippen LogP contribution is 2.24. The van der Waals surface area contributed by atoms with E-state index in [0.29, 0.717) is 6.07 Å². The lowest BCUT2D eigenvalue weighted by Crippen LogP contribution is -2.08. The average molecular weight is 222 g/mol. The number of benzene rings is 1. The van der Waals surface area contributed by atoms with Crippen molar-refractivity contribution in [2.24, 2.45) is 0 Å². The Morgan fingerprint density at radius 3 is 2.33 bits per heavy atom. The average Bonchev–Trinajstić information content (AvgIpc) is 2.11. The molecule has 0 heterocycles. The number of halogens is 4. The number of rotatable bonds is 3. The van der Waals surface area contributed by atoms with E-state index in [1.54, 1.807) is 0 Å². The summed E-state index contributed by atoms with van der Waals surface area (Å²) in [7, 11) is 0. The molecule has 0 radical (unpaired) electrons. The molecule has 1 unspecified atom stereocenters. The van der Waals surface area contributed by atoms with Gasteiger partial charge in [-0.2, -0.15) is 0 Å². The molecule has 0 aliphatic carbocycles. The lowest BCUT2D eigenvalue weighted by atomic mass is 10.0. The maximum Gasteiger partial charge on any atom is 0.263 e. The summed E-state index contributed by atoms with van der Waals surface area (Å²) in [5.74, 6) is -2.50. The summed E-state index contributed by atoms with van der Waals surface area (Å²) >= 11 is 0. The van der Waals surface area contributed by atoms with E-state index in [-0.39, 0.29) is 12.0 Å². The molecule has 1 nitrogen and oxygen atoms in total. The van der Waals surface area contributed by atoms with Crippen LogP contribution in [0.1, 0.15) is 24.5 Å². The van der Waals surface area contributed by atoms with E-state index >= 15 is 0 Å². The molecule has 0 aliphatic rings. The predicted molar refractivity (Wildman–Crippen MR) is 46.7 cm³/mol. The molecular formula is C10H10F4O. The van der Waals surface area contributed by atoms with Gasteiger partial charge in [-0.25, -0.2) is 17.6 Å². The second-order valence-corrected chi connectivity index (χ2v) is 3.33. The molecule has 5 heteroatoms. The van der Waals surface area contributed by atoms with Crippen LogP contribution in [-0.4, -0.2) is 11.2 Å². The summed E-state index contributed by atoms with van der Waals surface area (Å²) in [6.07, 6.45) is -3.96. The highest BCUT2D eigenvalue weighted by atomic mass is 19.3. The van der Waals surface area contributed by atoms with Gasteiger partial charge in [0.2, 0.25) is 0 Å². The van der Waals surface area contributed by atoms with Crippen molar-refractivity contribution in [3.05, 3.63) is 34.9 Å². The number of aliphatic hydroxyl groups is 1. The number of alkyl halides is 2. The van der Waals surface area contributed by atoms with Crippen LogP contribution < -0.4 is 0 Å². The van der Waals surface area contributed by atoms with Gasteiger partial charge in [-0.1, -0.05) is 0 Å². The van der Waals surface area contributed by atoms with E-state index in [1.807, 2.05) is 0 Å². The third kappa shape index (κ3) is 2.92. The SMILES string of the molecule is CC(O)Cc1cc(C(F)F)cc(F)c1F. The summed E-state index contributed by atoms with van der Waals surface area (Å²) in [4.78, 5) is 0. The van der Waals surface area contributed by atoms with Crippen LogP contribution >= 0.6 is 0 Å². The lowest BCUT2D eigenvalue weighted by Gasteiger charge is -2.09.